The molecular weight excluding hydrogens is 270 g/mol. The summed E-state index contributed by atoms with van der Waals surface area (Å²) in [6, 6.07) is 14.5. The summed E-state index contributed by atoms with van der Waals surface area (Å²) in [5.41, 5.74) is 2.92. The largest absolute Gasteiger partial charge is 0.497 e. The average Bonchev–Trinajstić information content (AvgIpc) is 2.53. The molecule has 2 unspecified atom stereocenters. The highest BCUT2D eigenvalue weighted by Gasteiger charge is 2.31. The Morgan fingerprint density at radius 2 is 1.86 bits per heavy atom. The van der Waals surface area contributed by atoms with E-state index in [-0.39, 0.29) is 0 Å². The van der Waals surface area contributed by atoms with E-state index in [1.165, 1.54) is 47.6 Å². The Hall–Kier alpha value is -1.80. The third-order valence-corrected chi connectivity index (χ3v) is 5.40. The van der Waals surface area contributed by atoms with E-state index in [1.54, 1.807) is 7.11 Å². The Morgan fingerprint density at radius 3 is 2.68 bits per heavy atom. The zero-order valence-electron chi connectivity index (χ0n) is 13.4. The van der Waals surface area contributed by atoms with E-state index < -0.39 is 0 Å². The van der Waals surface area contributed by atoms with Crippen LogP contribution >= 0.6 is 0 Å². The van der Waals surface area contributed by atoms with Crippen molar-refractivity contribution < 1.29 is 4.74 Å². The standard InChI is InChI=1S/C20H23NO/c1-21-18-4-3-5-19(21)12-17(11-18)15-6-7-16-13-20(22-2)9-8-14(16)10-15/h6-11,13,18-19H,3-5,12H2,1-2H3. The molecule has 2 bridgehead atoms. The number of benzene rings is 2. The van der Waals surface area contributed by atoms with E-state index in [0.717, 1.165) is 11.8 Å². The SMILES string of the molecule is COc1ccc2cc(C3=CC4CCCC(C3)N4C)ccc2c1. The molecule has 0 N–H and O–H groups in total. The van der Waals surface area contributed by atoms with Gasteiger partial charge in [-0.25, -0.2) is 0 Å². The highest BCUT2D eigenvalue weighted by Crippen LogP contribution is 2.36. The molecule has 2 nitrogen and oxygen atoms in total. The first-order valence-electron chi connectivity index (χ1n) is 8.25. The van der Waals surface area contributed by atoms with Gasteiger partial charge in [0, 0.05) is 12.1 Å². The van der Waals surface area contributed by atoms with Crippen LogP contribution in [0.15, 0.2) is 42.5 Å². The minimum absolute atomic E-state index is 0.633. The van der Waals surface area contributed by atoms with Crippen LogP contribution in [0, 0.1) is 0 Å². The van der Waals surface area contributed by atoms with Crippen molar-refractivity contribution >= 4 is 16.3 Å². The Balaban J connectivity index is 1.72. The maximum absolute atomic E-state index is 5.31. The van der Waals surface area contributed by atoms with E-state index in [9.17, 15) is 0 Å². The van der Waals surface area contributed by atoms with E-state index in [4.69, 9.17) is 4.74 Å². The summed E-state index contributed by atoms with van der Waals surface area (Å²) >= 11 is 0. The van der Waals surface area contributed by atoms with Crippen molar-refractivity contribution in [2.45, 2.75) is 37.8 Å². The first kappa shape index (κ1) is 13.8. The lowest BCUT2D eigenvalue weighted by Gasteiger charge is -2.42. The van der Waals surface area contributed by atoms with Crippen LogP contribution in [-0.4, -0.2) is 31.1 Å². The van der Waals surface area contributed by atoms with Crippen LogP contribution in [0.5, 0.6) is 5.75 Å². The van der Waals surface area contributed by atoms with Gasteiger partial charge in [0.1, 0.15) is 5.75 Å². The highest BCUT2D eigenvalue weighted by atomic mass is 16.5. The molecule has 2 aliphatic rings. The van der Waals surface area contributed by atoms with Crippen LogP contribution in [0.2, 0.25) is 0 Å². The molecule has 0 saturated carbocycles. The Labute approximate surface area is 132 Å². The molecule has 0 amide bonds. The van der Waals surface area contributed by atoms with Crippen molar-refractivity contribution in [3.05, 3.63) is 48.0 Å². The molecular formula is C20H23NO. The van der Waals surface area contributed by atoms with Gasteiger partial charge in [-0.15, -0.1) is 0 Å². The molecule has 114 valence electrons. The van der Waals surface area contributed by atoms with Crippen LogP contribution < -0.4 is 4.74 Å². The quantitative estimate of drug-likeness (QED) is 0.809. The molecule has 1 saturated heterocycles. The first-order chi connectivity index (χ1) is 10.7. The number of fused-ring (bicyclic) bond motifs is 3. The Kier molecular flexibility index (Phi) is 3.42. The summed E-state index contributed by atoms with van der Waals surface area (Å²) in [6.45, 7) is 0. The predicted molar refractivity (Wildman–Crippen MR) is 92.3 cm³/mol. The number of rotatable bonds is 2. The first-order valence-corrected chi connectivity index (χ1v) is 8.25. The monoisotopic (exact) mass is 293 g/mol. The third-order valence-electron chi connectivity index (χ3n) is 5.40. The van der Waals surface area contributed by atoms with Crippen molar-refractivity contribution in [2.75, 3.05) is 14.2 Å². The molecule has 22 heavy (non-hydrogen) atoms. The number of piperidine rings is 1. The summed E-state index contributed by atoms with van der Waals surface area (Å²) < 4.78 is 5.31. The molecule has 2 atom stereocenters. The second kappa shape index (κ2) is 5.44. The predicted octanol–water partition coefficient (Wildman–Crippen LogP) is 4.49. The number of hydrogen-bond donors (Lipinski definition) is 0. The van der Waals surface area contributed by atoms with Crippen molar-refractivity contribution in [3.63, 3.8) is 0 Å². The molecule has 1 fully saturated rings. The summed E-state index contributed by atoms with van der Waals surface area (Å²) in [7, 11) is 4.01. The topological polar surface area (TPSA) is 12.5 Å². The van der Waals surface area contributed by atoms with Crippen molar-refractivity contribution in [2.24, 2.45) is 0 Å². The molecule has 2 heteroatoms. The van der Waals surface area contributed by atoms with Crippen molar-refractivity contribution in [3.8, 4) is 5.75 Å². The van der Waals surface area contributed by atoms with Crippen molar-refractivity contribution in [1.29, 1.82) is 0 Å². The van der Waals surface area contributed by atoms with Gasteiger partial charge in [0.05, 0.1) is 7.11 Å². The van der Waals surface area contributed by atoms with E-state index >= 15 is 0 Å². The molecule has 0 aliphatic carbocycles. The van der Waals surface area contributed by atoms with Gasteiger partial charge in [0.25, 0.3) is 0 Å². The summed E-state index contributed by atoms with van der Waals surface area (Å²) in [5.74, 6) is 0.924. The van der Waals surface area contributed by atoms with Crippen LogP contribution in [0.3, 0.4) is 0 Å². The minimum atomic E-state index is 0.633. The Bertz CT molecular complexity index is 734. The third kappa shape index (κ3) is 2.32. The van der Waals surface area contributed by atoms with Crippen LogP contribution in [0.4, 0.5) is 0 Å². The normalized spacial score (nSPS) is 25.1. The summed E-state index contributed by atoms with van der Waals surface area (Å²) in [6.07, 6.45) is 7.71. The minimum Gasteiger partial charge on any atom is -0.497 e. The second-order valence-electron chi connectivity index (χ2n) is 6.64. The number of methoxy groups -OCH3 is 1. The molecule has 0 spiro atoms. The number of nitrogens with zero attached hydrogens (tertiary/aromatic N) is 1. The van der Waals surface area contributed by atoms with Gasteiger partial charge in [0.2, 0.25) is 0 Å². The van der Waals surface area contributed by atoms with Crippen molar-refractivity contribution in [1.82, 2.24) is 4.90 Å². The van der Waals surface area contributed by atoms with Gasteiger partial charge in [-0.1, -0.05) is 30.7 Å². The molecule has 0 radical (unpaired) electrons. The van der Waals surface area contributed by atoms with Gasteiger partial charge < -0.3 is 4.74 Å². The van der Waals surface area contributed by atoms with Gasteiger partial charge in [-0.2, -0.15) is 0 Å². The van der Waals surface area contributed by atoms with Gasteiger partial charge in [-0.3, -0.25) is 4.90 Å². The molecule has 2 heterocycles. The van der Waals surface area contributed by atoms with E-state index in [2.05, 4.69) is 48.4 Å². The Morgan fingerprint density at radius 1 is 1.05 bits per heavy atom. The fourth-order valence-corrected chi connectivity index (χ4v) is 4.01. The van der Waals surface area contributed by atoms with Gasteiger partial charge in [-0.05, 0) is 66.4 Å². The molecule has 0 aromatic heterocycles. The maximum atomic E-state index is 5.31. The molecule has 2 aliphatic heterocycles. The van der Waals surface area contributed by atoms with Crippen LogP contribution in [0.25, 0.3) is 16.3 Å². The highest BCUT2D eigenvalue weighted by molar-refractivity contribution is 5.87. The fourth-order valence-electron chi connectivity index (χ4n) is 4.01. The zero-order chi connectivity index (χ0) is 15.1. The molecule has 2 aromatic carbocycles. The van der Waals surface area contributed by atoms with Gasteiger partial charge in [0.15, 0.2) is 0 Å². The number of likely N-dealkylation sites (N-methyl/N-ethyl adjacent to an activating group) is 1. The number of ether oxygens (including phenoxy) is 1. The fraction of sp³-hybridized carbons (Fsp3) is 0.400. The van der Waals surface area contributed by atoms with Crippen LogP contribution in [-0.2, 0) is 0 Å². The average molecular weight is 293 g/mol. The lowest BCUT2D eigenvalue weighted by Crippen LogP contribution is -2.45. The lowest BCUT2D eigenvalue weighted by atomic mass is 9.83. The number of hydrogen-bond acceptors (Lipinski definition) is 2. The summed E-state index contributed by atoms with van der Waals surface area (Å²) in [5, 5.41) is 2.54. The van der Waals surface area contributed by atoms with E-state index in [1.807, 2.05) is 6.07 Å². The maximum Gasteiger partial charge on any atom is 0.119 e. The molecule has 2 aromatic rings. The van der Waals surface area contributed by atoms with E-state index in [0.29, 0.717) is 6.04 Å². The second-order valence-corrected chi connectivity index (χ2v) is 6.64. The smallest absolute Gasteiger partial charge is 0.119 e. The zero-order valence-corrected chi connectivity index (χ0v) is 13.4. The lowest BCUT2D eigenvalue weighted by molar-refractivity contribution is 0.137. The summed E-state index contributed by atoms with van der Waals surface area (Å²) in [4.78, 5) is 2.57. The van der Waals surface area contributed by atoms with Crippen LogP contribution in [0.1, 0.15) is 31.2 Å². The molecule has 4 rings (SSSR count). The van der Waals surface area contributed by atoms with Gasteiger partial charge >= 0.3 is 0 Å².